The summed E-state index contributed by atoms with van der Waals surface area (Å²) in [4.78, 5) is 32.9. The van der Waals surface area contributed by atoms with Gasteiger partial charge in [0.15, 0.2) is 0 Å². The summed E-state index contributed by atoms with van der Waals surface area (Å²) in [6, 6.07) is 3.46. The maximum atomic E-state index is 11.0. The topological polar surface area (TPSA) is 127 Å². The smallest absolute Gasteiger partial charge is 0.306 e. The molecule has 0 spiro atoms. The Bertz CT molecular complexity index is 611. The molecule has 1 unspecified atom stereocenters. The van der Waals surface area contributed by atoms with Crippen molar-refractivity contribution in [2.75, 3.05) is 18.0 Å². The highest BCUT2D eigenvalue weighted by Gasteiger charge is 2.37. The molecule has 1 heterocycles. The van der Waals surface area contributed by atoms with Crippen LogP contribution in [0.3, 0.4) is 0 Å². The fourth-order valence-electron chi connectivity index (χ4n) is 2.27. The Morgan fingerprint density at radius 3 is 2.43 bits per heavy atom. The number of rotatable bonds is 5. The van der Waals surface area contributed by atoms with Crippen LogP contribution < -0.4 is 4.90 Å². The van der Waals surface area contributed by atoms with E-state index in [0.29, 0.717) is 13.1 Å². The van der Waals surface area contributed by atoms with Crippen molar-refractivity contribution in [2.24, 2.45) is 11.8 Å². The summed E-state index contributed by atoms with van der Waals surface area (Å²) < 4.78 is 0. The summed E-state index contributed by atoms with van der Waals surface area (Å²) >= 11 is 0. The van der Waals surface area contributed by atoms with Gasteiger partial charge in [0.1, 0.15) is 5.69 Å². The van der Waals surface area contributed by atoms with Gasteiger partial charge in [-0.05, 0) is 6.07 Å². The van der Waals surface area contributed by atoms with Gasteiger partial charge in [-0.15, -0.1) is 0 Å². The average molecular weight is 295 g/mol. The molecular weight excluding hydrogens is 282 g/mol. The van der Waals surface area contributed by atoms with Crippen molar-refractivity contribution in [3.05, 3.63) is 38.4 Å². The number of anilines is 1. The molecular formula is C12H13N3O6. The Morgan fingerprint density at radius 1 is 1.33 bits per heavy atom. The van der Waals surface area contributed by atoms with Crippen LogP contribution in [0.4, 0.5) is 17.1 Å². The second-order valence-corrected chi connectivity index (χ2v) is 4.98. The number of carboxylic acids is 1. The van der Waals surface area contributed by atoms with Crippen molar-refractivity contribution in [3.8, 4) is 0 Å². The predicted molar refractivity (Wildman–Crippen MR) is 72.3 cm³/mol. The Morgan fingerprint density at radius 2 is 1.95 bits per heavy atom. The summed E-state index contributed by atoms with van der Waals surface area (Å²) in [5, 5.41) is 30.6. The molecule has 9 heteroatoms. The zero-order chi connectivity index (χ0) is 15.7. The van der Waals surface area contributed by atoms with Crippen molar-refractivity contribution < 1.29 is 19.7 Å². The predicted octanol–water partition coefficient (Wildman–Crippen LogP) is 1.66. The van der Waals surface area contributed by atoms with E-state index in [1.54, 1.807) is 11.8 Å². The van der Waals surface area contributed by atoms with Gasteiger partial charge in [-0.2, -0.15) is 0 Å². The van der Waals surface area contributed by atoms with Gasteiger partial charge in [0.2, 0.25) is 0 Å². The van der Waals surface area contributed by atoms with Crippen LogP contribution in [0, 0.1) is 32.1 Å². The molecule has 1 N–H and O–H groups in total. The number of benzene rings is 1. The lowest BCUT2D eigenvalue weighted by molar-refractivity contribution is -0.393. The zero-order valence-corrected chi connectivity index (χ0v) is 11.1. The van der Waals surface area contributed by atoms with Crippen LogP contribution in [0.5, 0.6) is 0 Å². The van der Waals surface area contributed by atoms with Crippen LogP contribution >= 0.6 is 0 Å². The first kappa shape index (κ1) is 14.7. The van der Waals surface area contributed by atoms with E-state index in [2.05, 4.69) is 0 Å². The van der Waals surface area contributed by atoms with E-state index < -0.39 is 21.7 Å². The van der Waals surface area contributed by atoms with Crippen molar-refractivity contribution in [1.82, 2.24) is 0 Å². The summed E-state index contributed by atoms with van der Waals surface area (Å²) in [6.45, 7) is 2.35. The third-order valence-corrected chi connectivity index (χ3v) is 3.71. The lowest BCUT2D eigenvalue weighted by Gasteiger charge is -2.42. The number of nitro benzene ring substituents is 2. The molecule has 0 radical (unpaired) electrons. The molecule has 2 rings (SSSR count). The zero-order valence-electron chi connectivity index (χ0n) is 11.1. The molecule has 21 heavy (non-hydrogen) atoms. The van der Waals surface area contributed by atoms with E-state index >= 15 is 0 Å². The molecule has 112 valence electrons. The van der Waals surface area contributed by atoms with Gasteiger partial charge in [0.25, 0.3) is 11.4 Å². The molecule has 1 aromatic carbocycles. The summed E-state index contributed by atoms with van der Waals surface area (Å²) in [5.41, 5.74) is -0.411. The Hall–Kier alpha value is -2.71. The quantitative estimate of drug-likeness (QED) is 0.646. The van der Waals surface area contributed by atoms with Crippen molar-refractivity contribution in [1.29, 1.82) is 0 Å². The highest BCUT2D eigenvalue weighted by molar-refractivity contribution is 5.72. The van der Waals surface area contributed by atoms with Crippen molar-refractivity contribution in [2.45, 2.75) is 6.92 Å². The highest BCUT2D eigenvalue weighted by Crippen LogP contribution is 2.37. The van der Waals surface area contributed by atoms with Gasteiger partial charge in [-0.25, -0.2) is 0 Å². The lowest BCUT2D eigenvalue weighted by Crippen LogP contribution is -2.51. The minimum absolute atomic E-state index is 0.0858. The minimum atomic E-state index is -0.905. The standard InChI is InChI=1S/C12H13N3O6/c1-7(12(16)17)8-5-13(6-8)10-3-2-9(14(18)19)4-11(10)15(20)21/h2-4,7-8H,5-6H2,1H3,(H,16,17). The van der Waals surface area contributed by atoms with Crippen LogP contribution in [0.15, 0.2) is 18.2 Å². The van der Waals surface area contributed by atoms with Gasteiger partial charge in [-0.3, -0.25) is 25.0 Å². The van der Waals surface area contributed by atoms with E-state index in [1.165, 1.54) is 12.1 Å². The van der Waals surface area contributed by atoms with Crippen LogP contribution in [-0.2, 0) is 4.79 Å². The lowest BCUT2D eigenvalue weighted by atomic mass is 9.86. The molecule has 0 aliphatic carbocycles. The van der Waals surface area contributed by atoms with Crippen LogP contribution in [0.25, 0.3) is 0 Å². The summed E-state index contributed by atoms with van der Waals surface area (Å²) in [6.07, 6.45) is 0. The van der Waals surface area contributed by atoms with Gasteiger partial charge < -0.3 is 10.0 Å². The third-order valence-electron chi connectivity index (χ3n) is 3.71. The first-order chi connectivity index (χ1) is 9.81. The third kappa shape index (κ3) is 2.76. The molecule has 1 atom stereocenters. The van der Waals surface area contributed by atoms with E-state index in [-0.39, 0.29) is 23.0 Å². The van der Waals surface area contributed by atoms with Gasteiger partial charge >= 0.3 is 5.97 Å². The number of nitrogens with zero attached hydrogens (tertiary/aromatic N) is 3. The van der Waals surface area contributed by atoms with Crippen LogP contribution in [0.2, 0.25) is 0 Å². The number of nitro groups is 2. The number of non-ortho nitro benzene ring substituents is 1. The monoisotopic (exact) mass is 295 g/mol. The molecule has 9 nitrogen and oxygen atoms in total. The Labute approximate surface area is 119 Å². The van der Waals surface area contributed by atoms with Gasteiger partial charge in [-0.1, -0.05) is 6.92 Å². The maximum absolute atomic E-state index is 11.0. The normalized spacial score (nSPS) is 16.1. The fraction of sp³-hybridized carbons (Fsp3) is 0.417. The molecule has 0 amide bonds. The summed E-state index contributed by atoms with van der Waals surface area (Å²) in [7, 11) is 0. The molecule has 0 bridgehead atoms. The second kappa shape index (κ2) is 5.35. The average Bonchev–Trinajstić information content (AvgIpc) is 2.36. The van der Waals surface area contributed by atoms with E-state index in [0.717, 1.165) is 6.07 Å². The first-order valence-corrected chi connectivity index (χ1v) is 6.22. The SMILES string of the molecule is CC(C(=O)O)C1CN(c2ccc([N+](=O)[O-])cc2[N+](=O)[O-])C1. The Balaban J connectivity index is 2.20. The number of aliphatic carboxylic acids is 1. The number of hydrogen-bond acceptors (Lipinski definition) is 6. The fourth-order valence-corrected chi connectivity index (χ4v) is 2.27. The second-order valence-electron chi connectivity index (χ2n) is 4.98. The first-order valence-electron chi connectivity index (χ1n) is 6.22. The molecule has 0 saturated carbocycles. The van der Waals surface area contributed by atoms with E-state index in [9.17, 15) is 25.0 Å². The summed E-state index contributed by atoms with van der Waals surface area (Å²) in [5.74, 6) is -1.52. The van der Waals surface area contributed by atoms with Crippen LogP contribution in [0.1, 0.15) is 6.92 Å². The highest BCUT2D eigenvalue weighted by atomic mass is 16.6. The molecule has 1 aliphatic rings. The van der Waals surface area contributed by atoms with Crippen molar-refractivity contribution in [3.63, 3.8) is 0 Å². The molecule has 1 aliphatic heterocycles. The van der Waals surface area contributed by atoms with E-state index in [4.69, 9.17) is 5.11 Å². The van der Waals surface area contributed by atoms with Crippen LogP contribution in [-0.4, -0.2) is 34.0 Å². The maximum Gasteiger partial charge on any atom is 0.306 e. The Kier molecular flexibility index (Phi) is 3.74. The number of hydrogen-bond donors (Lipinski definition) is 1. The molecule has 1 aromatic rings. The number of carboxylic acid groups (broad SMARTS) is 1. The van der Waals surface area contributed by atoms with E-state index in [1.807, 2.05) is 0 Å². The number of carbonyl (C=O) groups is 1. The minimum Gasteiger partial charge on any atom is -0.481 e. The van der Waals surface area contributed by atoms with Crippen molar-refractivity contribution >= 4 is 23.0 Å². The van der Waals surface area contributed by atoms with Gasteiger partial charge in [0, 0.05) is 25.1 Å². The molecule has 0 aromatic heterocycles. The molecule has 1 fully saturated rings. The largest absolute Gasteiger partial charge is 0.481 e. The van der Waals surface area contributed by atoms with Gasteiger partial charge in [0.05, 0.1) is 21.8 Å². The molecule has 1 saturated heterocycles.